The van der Waals surface area contributed by atoms with Gasteiger partial charge in [-0.15, -0.1) is 0 Å². The standard InChI is InChI=1S/C12H15BrN2/c13-11-2-1-9-3-4-12(6-10(9)5-11)7-14-8-15-12/h1,5,8,11H,2-4,6-7H2,(H,14,15). The number of rotatable bonds is 0. The van der Waals surface area contributed by atoms with E-state index in [0.717, 1.165) is 19.4 Å². The Morgan fingerprint density at radius 1 is 1.47 bits per heavy atom. The maximum absolute atomic E-state index is 4.32. The quantitative estimate of drug-likeness (QED) is 0.670. The summed E-state index contributed by atoms with van der Waals surface area (Å²) < 4.78 is 0. The van der Waals surface area contributed by atoms with Crippen molar-refractivity contribution in [3.05, 3.63) is 23.3 Å². The van der Waals surface area contributed by atoms with Crippen molar-refractivity contribution in [2.24, 2.45) is 4.99 Å². The molecule has 1 N–H and O–H groups in total. The Hall–Kier alpha value is -0.570. The molecule has 2 nitrogen and oxygen atoms in total. The number of fused-ring (bicyclic) bond motifs is 1. The van der Waals surface area contributed by atoms with Crippen molar-refractivity contribution >= 4 is 22.3 Å². The molecule has 0 aromatic carbocycles. The van der Waals surface area contributed by atoms with Gasteiger partial charge in [0.15, 0.2) is 0 Å². The van der Waals surface area contributed by atoms with Crippen LogP contribution in [0.3, 0.4) is 0 Å². The Kier molecular flexibility index (Phi) is 2.23. The maximum Gasteiger partial charge on any atom is 0.0829 e. The first-order chi connectivity index (χ1) is 7.27. The molecule has 1 aliphatic heterocycles. The van der Waals surface area contributed by atoms with Gasteiger partial charge in [-0.1, -0.05) is 28.1 Å². The third kappa shape index (κ3) is 1.67. The van der Waals surface area contributed by atoms with E-state index < -0.39 is 0 Å². The minimum Gasteiger partial charge on any atom is -0.369 e. The van der Waals surface area contributed by atoms with Crippen LogP contribution < -0.4 is 5.32 Å². The van der Waals surface area contributed by atoms with E-state index in [1.54, 1.807) is 5.57 Å². The van der Waals surface area contributed by atoms with E-state index in [1.165, 1.54) is 18.4 Å². The normalized spacial score (nSPS) is 38.3. The summed E-state index contributed by atoms with van der Waals surface area (Å²) in [5, 5.41) is 3.44. The van der Waals surface area contributed by atoms with Gasteiger partial charge in [-0.25, -0.2) is 0 Å². The van der Waals surface area contributed by atoms with Gasteiger partial charge < -0.3 is 5.32 Å². The van der Waals surface area contributed by atoms with Gasteiger partial charge in [0.25, 0.3) is 0 Å². The fourth-order valence-electron chi connectivity index (χ4n) is 2.75. The Bertz CT molecular complexity index is 360. The van der Waals surface area contributed by atoms with E-state index >= 15 is 0 Å². The van der Waals surface area contributed by atoms with Gasteiger partial charge in [0.2, 0.25) is 0 Å². The van der Waals surface area contributed by atoms with Crippen LogP contribution in [-0.4, -0.2) is 23.2 Å². The average molecular weight is 267 g/mol. The first kappa shape index (κ1) is 9.64. The molecule has 1 saturated carbocycles. The van der Waals surface area contributed by atoms with Crippen molar-refractivity contribution < 1.29 is 0 Å². The molecule has 3 rings (SSSR count). The Morgan fingerprint density at radius 2 is 2.40 bits per heavy atom. The van der Waals surface area contributed by atoms with Gasteiger partial charge >= 0.3 is 0 Å². The summed E-state index contributed by atoms with van der Waals surface area (Å²) in [5.41, 5.74) is 3.35. The molecule has 1 spiro atoms. The molecule has 2 aliphatic carbocycles. The van der Waals surface area contributed by atoms with Crippen LogP contribution in [0.1, 0.15) is 25.7 Å². The van der Waals surface area contributed by atoms with Gasteiger partial charge in [-0.2, -0.15) is 0 Å². The largest absolute Gasteiger partial charge is 0.369 e. The summed E-state index contributed by atoms with van der Waals surface area (Å²) in [5.74, 6) is 0. The first-order valence-electron chi connectivity index (χ1n) is 5.58. The molecular formula is C12H15BrN2. The van der Waals surface area contributed by atoms with Gasteiger partial charge in [-0.05, 0) is 36.8 Å². The monoisotopic (exact) mass is 266 g/mol. The highest BCUT2D eigenvalue weighted by atomic mass is 79.9. The van der Waals surface area contributed by atoms with E-state index in [1.807, 2.05) is 6.34 Å². The SMILES string of the molecule is BrC1C=C2CC3(CCC2=CC1)CN=CN3. The molecule has 1 heterocycles. The van der Waals surface area contributed by atoms with Crippen LogP contribution in [0.2, 0.25) is 0 Å². The molecule has 0 bridgehead atoms. The van der Waals surface area contributed by atoms with E-state index in [4.69, 9.17) is 0 Å². The van der Waals surface area contributed by atoms with Gasteiger partial charge in [0.1, 0.15) is 0 Å². The van der Waals surface area contributed by atoms with Crippen LogP contribution in [0.5, 0.6) is 0 Å². The Labute approximate surface area is 98.7 Å². The molecule has 0 saturated heterocycles. The Morgan fingerprint density at radius 3 is 3.20 bits per heavy atom. The van der Waals surface area contributed by atoms with Crippen LogP contribution in [0.4, 0.5) is 0 Å². The van der Waals surface area contributed by atoms with Crippen LogP contribution in [0.15, 0.2) is 28.3 Å². The highest BCUT2D eigenvalue weighted by molar-refractivity contribution is 9.09. The molecular weight excluding hydrogens is 252 g/mol. The molecule has 2 unspecified atom stereocenters. The lowest BCUT2D eigenvalue weighted by Crippen LogP contribution is -2.46. The number of halogens is 1. The van der Waals surface area contributed by atoms with Crippen molar-refractivity contribution in [1.29, 1.82) is 0 Å². The predicted octanol–water partition coefficient (Wildman–Crippen LogP) is 2.56. The second kappa shape index (κ2) is 3.48. The van der Waals surface area contributed by atoms with Crippen LogP contribution >= 0.6 is 15.9 Å². The van der Waals surface area contributed by atoms with Crippen LogP contribution in [0, 0.1) is 0 Å². The first-order valence-corrected chi connectivity index (χ1v) is 6.49. The third-order valence-corrected chi connectivity index (χ3v) is 4.28. The minimum atomic E-state index is 0.243. The lowest BCUT2D eigenvalue weighted by molar-refractivity contribution is 0.360. The predicted molar refractivity (Wildman–Crippen MR) is 66.6 cm³/mol. The Balaban J connectivity index is 1.84. The van der Waals surface area contributed by atoms with Crippen molar-refractivity contribution in [2.45, 2.75) is 36.0 Å². The van der Waals surface area contributed by atoms with E-state index in [0.29, 0.717) is 4.83 Å². The number of nitrogens with zero attached hydrogens (tertiary/aromatic N) is 1. The topological polar surface area (TPSA) is 24.4 Å². The highest BCUT2D eigenvalue weighted by Crippen LogP contribution is 2.40. The van der Waals surface area contributed by atoms with Crippen LogP contribution in [0.25, 0.3) is 0 Å². The van der Waals surface area contributed by atoms with Gasteiger partial charge in [0.05, 0.1) is 18.4 Å². The summed E-state index contributed by atoms with van der Waals surface area (Å²) in [4.78, 5) is 4.86. The molecule has 2 atom stereocenters. The highest BCUT2D eigenvalue weighted by Gasteiger charge is 2.37. The fraction of sp³-hybridized carbons (Fsp3) is 0.583. The van der Waals surface area contributed by atoms with Crippen molar-refractivity contribution in [3.8, 4) is 0 Å². The second-order valence-electron chi connectivity index (χ2n) is 4.74. The van der Waals surface area contributed by atoms with Crippen LogP contribution in [-0.2, 0) is 0 Å². The molecule has 1 fully saturated rings. The van der Waals surface area contributed by atoms with E-state index in [2.05, 4.69) is 38.4 Å². The molecule has 3 heteroatoms. The second-order valence-corrected chi connectivity index (χ2v) is 5.92. The summed E-state index contributed by atoms with van der Waals surface area (Å²) in [6.07, 6.45) is 11.4. The lowest BCUT2D eigenvalue weighted by Gasteiger charge is -2.37. The van der Waals surface area contributed by atoms with E-state index in [9.17, 15) is 0 Å². The molecule has 0 aromatic heterocycles. The zero-order valence-corrected chi connectivity index (χ0v) is 10.3. The lowest BCUT2D eigenvalue weighted by atomic mass is 9.75. The van der Waals surface area contributed by atoms with Gasteiger partial charge in [-0.3, -0.25) is 4.99 Å². The molecule has 0 radical (unpaired) electrons. The zero-order chi connectivity index (χ0) is 10.3. The number of hydrogen-bond donors (Lipinski definition) is 1. The summed E-state index contributed by atoms with van der Waals surface area (Å²) in [7, 11) is 0. The summed E-state index contributed by atoms with van der Waals surface area (Å²) >= 11 is 3.67. The average Bonchev–Trinajstić information content (AvgIpc) is 2.66. The third-order valence-electron chi connectivity index (χ3n) is 3.64. The van der Waals surface area contributed by atoms with Crippen molar-refractivity contribution in [2.75, 3.05) is 6.54 Å². The maximum atomic E-state index is 4.32. The smallest absolute Gasteiger partial charge is 0.0829 e. The number of nitrogens with one attached hydrogen (secondary N) is 1. The number of hydrogen-bond acceptors (Lipinski definition) is 2. The molecule has 15 heavy (non-hydrogen) atoms. The molecule has 0 amide bonds. The number of allylic oxidation sites excluding steroid dienone is 3. The number of aliphatic imine (C=N–C) groups is 1. The fourth-order valence-corrected chi connectivity index (χ4v) is 3.25. The molecule has 3 aliphatic rings. The minimum absolute atomic E-state index is 0.243. The van der Waals surface area contributed by atoms with Gasteiger partial charge in [0, 0.05) is 4.83 Å². The summed E-state index contributed by atoms with van der Waals surface area (Å²) in [6, 6.07) is 0. The summed E-state index contributed by atoms with van der Waals surface area (Å²) in [6.45, 7) is 0.949. The molecule has 80 valence electrons. The van der Waals surface area contributed by atoms with E-state index in [-0.39, 0.29) is 5.54 Å². The molecule has 0 aromatic rings. The van der Waals surface area contributed by atoms with Crippen molar-refractivity contribution in [1.82, 2.24) is 5.32 Å². The zero-order valence-electron chi connectivity index (χ0n) is 8.67. The number of alkyl halides is 1. The van der Waals surface area contributed by atoms with Crippen molar-refractivity contribution in [3.63, 3.8) is 0 Å².